The summed E-state index contributed by atoms with van der Waals surface area (Å²) in [5.41, 5.74) is 3.13. The molecule has 6 nitrogen and oxygen atoms in total. The van der Waals surface area contributed by atoms with E-state index in [0.29, 0.717) is 25.9 Å². The van der Waals surface area contributed by atoms with Gasteiger partial charge in [0.2, 0.25) is 11.8 Å². The second-order valence-electron chi connectivity index (χ2n) is 6.84. The summed E-state index contributed by atoms with van der Waals surface area (Å²) < 4.78 is 1.75. The van der Waals surface area contributed by atoms with Crippen molar-refractivity contribution in [3.8, 4) is 0 Å². The van der Waals surface area contributed by atoms with Crippen LogP contribution in [-0.4, -0.2) is 33.0 Å². The monoisotopic (exact) mass is 354 g/mol. The molecule has 1 fully saturated rings. The number of benzene rings is 1. The van der Waals surface area contributed by atoms with Crippen LogP contribution in [0.1, 0.15) is 42.6 Å². The summed E-state index contributed by atoms with van der Waals surface area (Å²) in [4.78, 5) is 27.2. The highest BCUT2D eigenvalue weighted by Crippen LogP contribution is 2.36. The molecule has 138 valence electrons. The Morgan fingerprint density at radius 1 is 1.27 bits per heavy atom. The zero-order chi connectivity index (χ0) is 18.7. The smallest absolute Gasteiger partial charge is 0.225 e. The molecule has 0 bridgehead atoms. The van der Waals surface area contributed by atoms with Gasteiger partial charge in [-0.1, -0.05) is 29.8 Å². The van der Waals surface area contributed by atoms with Crippen molar-refractivity contribution in [3.05, 3.63) is 53.3 Å². The van der Waals surface area contributed by atoms with E-state index >= 15 is 0 Å². The van der Waals surface area contributed by atoms with Crippen molar-refractivity contribution in [2.45, 2.75) is 39.3 Å². The molecule has 1 aliphatic heterocycles. The van der Waals surface area contributed by atoms with Gasteiger partial charge < -0.3 is 10.2 Å². The Labute approximate surface area is 154 Å². The molecule has 2 heterocycles. The van der Waals surface area contributed by atoms with Gasteiger partial charge in [0.15, 0.2) is 0 Å². The number of rotatable bonds is 5. The van der Waals surface area contributed by atoms with Gasteiger partial charge in [-0.3, -0.25) is 14.3 Å². The molecule has 1 aromatic heterocycles. The van der Waals surface area contributed by atoms with Crippen molar-refractivity contribution in [1.82, 2.24) is 20.0 Å². The van der Waals surface area contributed by atoms with Crippen LogP contribution in [-0.2, 0) is 23.2 Å². The van der Waals surface area contributed by atoms with Crippen LogP contribution in [0.5, 0.6) is 0 Å². The molecular weight excluding hydrogens is 328 g/mol. The third kappa shape index (κ3) is 3.64. The third-order valence-corrected chi connectivity index (χ3v) is 5.17. The maximum Gasteiger partial charge on any atom is 0.225 e. The van der Waals surface area contributed by atoms with E-state index in [0.717, 1.165) is 16.8 Å². The van der Waals surface area contributed by atoms with E-state index in [1.165, 1.54) is 0 Å². The number of likely N-dealkylation sites (tertiary alicyclic amines) is 1. The van der Waals surface area contributed by atoms with Crippen molar-refractivity contribution in [2.75, 3.05) is 6.54 Å². The van der Waals surface area contributed by atoms with E-state index in [9.17, 15) is 9.59 Å². The van der Waals surface area contributed by atoms with Gasteiger partial charge >= 0.3 is 0 Å². The molecule has 0 spiro atoms. The quantitative estimate of drug-likeness (QED) is 0.896. The van der Waals surface area contributed by atoms with E-state index in [1.54, 1.807) is 10.9 Å². The Morgan fingerprint density at radius 2 is 2.00 bits per heavy atom. The molecule has 3 rings (SSSR count). The molecule has 0 radical (unpaired) electrons. The van der Waals surface area contributed by atoms with Crippen LogP contribution < -0.4 is 5.32 Å². The Hall–Kier alpha value is -2.63. The van der Waals surface area contributed by atoms with Crippen molar-refractivity contribution >= 4 is 11.8 Å². The highest BCUT2D eigenvalue weighted by atomic mass is 16.2. The molecule has 2 aromatic rings. The van der Waals surface area contributed by atoms with Gasteiger partial charge in [-0.15, -0.1) is 0 Å². The molecule has 6 heteroatoms. The van der Waals surface area contributed by atoms with E-state index in [4.69, 9.17) is 0 Å². The molecular formula is C20H26N4O2. The first kappa shape index (κ1) is 18.2. The average molecular weight is 354 g/mol. The minimum atomic E-state index is -0.247. The first-order valence-electron chi connectivity index (χ1n) is 9.12. The number of hydrogen-bond acceptors (Lipinski definition) is 3. The number of hydrogen-bond donors (Lipinski definition) is 1. The largest absolute Gasteiger partial charge is 0.350 e. The second kappa shape index (κ2) is 7.72. The van der Waals surface area contributed by atoms with Crippen LogP contribution in [0.3, 0.4) is 0 Å². The third-order valence-electron chi connectivity index (χ3n) is 5.17. The average Bonchev–Trinajstić information content (AvgIpc) is 3.05. The number of amides is 2. The minimum absolute atomic E-state index is 0.0114. The summed E-state index contributed by atoms with van der Waals surface area (Å²) in [5.74, 6) is -0.139. The van der Waals surface area contributed by atoms with Crippen LogP contribution in [0.15, 0.2) is 36.5 Å². The van der Waals surface area contributed by atoms with Gasteiger partial charge in [0, 0.05) is 26.2 Å². The number of nitrogens with one attached hydrogen (secondary N) is 1. The predicted octanol–water partition coefficient (Wildman–Crippen LogP) is 2.34. The zero-order valence-corrected chi connectivity index (χ0v) is 15.6. The SMILES string of the molecule is CCN1C(=O)CC[C@@H](C(=O)NCc2ccnn2C)[C@@H]1c1ccc(C)cc1. The molecule has 0 unspecified atom stereocenters. The lowest BCUT2D eigenvalue weighted by Gasteiger charge is -2.40. The van der Waals surface area contributed by atoms with Crippen LogP contribution in [0.2, 0.25) is 0 Å². The fourth-order valence-electron chi connectivity index (χ4n) is 3.66. The fraction of sp³-hybridized carbons (Fsp3) is 0.450. The first-order valence-corrected chi connectivity index (χ1v) is 9.12. The van der Waals surface area contributed by atoms with Crippen LogP contribution >= 0.6 is 0 Å². The number of aryl methyl sites for hydroxylation is 2. The van der Waals surface area contributed by atoms with Crippen molar-refractivity contribution in [2.24, 2.45) is 13.0 Å². The van der Waals surface area contributed by atoms with Crippen molar-refractivity contribution in [3.63, 3.8) is 0 Å². The predicted molar refractivity (Wildman–Crippen MR) is 99.1 cm³/mol. The summed E-state index contributed by atoms with van der Waals surface area (Å²) in [7, 11) is 1.86. The van der Waals surface area contributed by atoms with Gasteiger partial charge in [0.25, 0.3) is 0 Å². The molecule has 0 saturated carbocycles. The van der Waals surface area contributed by atoms with Crippen LogP contribution in [0.4, 0.5) is 0 Å². The fourth-order valence-corrected chi connectivity index (χ4v) is 3.66. The van der Waals surface area contributed by atoms with Gasteiger partial charge in [0.1, 0.15) is 0 Å². The maximum absolute atomic E-state index is 12.9. The molecule has 1 aromatic carbocycles. The van der Waals surface area contributed by atoms with E-state index in [-0.39, 0.29) is 23.8 Å². The highest BCUT2D eigenvalue weighted by Gasteiger charge is 2.39. The van der Waals surface area contributed by atoms with E-state index in [1.807, 2.05) is 56.1 Å². The topological polar surface area (TPSA) is 67.2 Å². The Kier molecular flexibility index (Phi) is 5.40. The van der Waals surface area contributed by atoms with Crippen molar-refractivity contribution < 1.29 is 9.59 Å². The number of aromatic nitrogens is 2. The molecule has 1 aliphatic rings. The number of carbonyl (C=O) groups excluding carboxylic acids is 2. The molecule has 1 N–H and O–H groups in total. The highest BCUT2D eigenvalue weighted by molar-refractivity contribution is 5.85. The van der Waals surface area contributed by atoms with Crippen molar-refractivity contribution in [1.29, 1.82) is 0 Å². The van der Waals surface area contributed by atoms with Gasteiger partial charge in [-0.05, 0) is 31.9 Å². The summed E-state index contributed by atoms with van der Waals surface area (Å²) in [6.07, 6.45) is 2.71. The lowest BCUT2D eigenvalue weighted by molar-refractivity contribution is -0.143. The van der Waals surface area contributed by atoms with E-state index < -0.39 is 0 Å². The second-order valence-corrected chi connectivity index (χ2v) is 6.84. The Balaban J connectivity index is 1.82. The maximum atomic E-state index is 12.9. The van der Waals surface area contributed by atoms with Gasteiger partial charge in [-0.2, -0.15) is 5.10 Å². The van der Waals surface area contributed by atoms with Gasteiger partial charge in [0.05, 0.1) is 24.2 Å². The summed E-state index contributed by atoms with van der Waals surface area (Å²) in [6.45, 7) is 5.04. The molecule has 2 amide bonds. The Bertz CT molecular complexity index is 781. The molecule has 1 saturated heterocycles. The summed E-state index contributed by atoms with van der Waals surface area (Å²) in [5, 5.41) is 7.15. The lowest BCUT2D eigenvalue weighted by atomic mass is 9.83. The summed E-state index contributed by atoms with van der Waals surface area (Å²) in [6, 6.07) is 9.80. The van der Waals surface area contributed by atoms with Gasteiger partial charge in [-0.25, -0.2) is 0 Å². The first-order chi connectivity index (χ1) is 12.5. The number of piperidine rings is 1. The minimum Gasteiger partial charge on any atom is -0.350 e. The standard InChI is InChI=1S/C20H26N4O2/c1-4-24-18(25)10-9-17(19(24)15-7-5-14(2)6-8-15)20(26)21-13-16-11-12-22-23(16)3/h5-8,11-12,17,19H,4,9-10,13H2,1-3H3,(H,21,26)/t17-,19+/m1/s1. The van der Waals surface area contributed by atoms with Crippen LogP contribution in [0.25, 0.3) is 0 Å². The lowest BCUT2D eigenvalue weighted by Crippen LogP contribution is -2.47. The molecule has 0 aliphatic carbocycles. The van der Waals surface area contributed by atoms with Crippen LogP contribution in [0, 0.1) is 12.8 Å². The normalized spacial score (nSPS) is 20.3. The zero-order valence-electron chi connectivity index (χ0n) is 15.6. The number of carbonyl (C=O) groups is 2. The molecule has 2 atom stereocenters. The van der Waals surface area contributed by atoms with E-state index in [2.05, 4.69) is 10.4 Å². The molecule has 26 heavy (non-hydrogen) atoms. The Morgan fingerprint density at radius 3 is 2.62 bits per heavy atom. The summed E-state index contributed by atoms with van der Waals surface area (Å²) >= 11 is 0. The number of nitrogens with zero attached hydrogens (tertiary/aromatic N) is 3.